The van der Waals surface area contributed by atoms with Gasteiger partial charge in [0.1, 0.15) is 5.69 Å². The van der Waals surface area contributed by atoms with E-state index in [2.05, 4.69) is 15.1 Å². The minimum atomic E-state index is -0.215. The van der Waals surface area contributed by atoms with Gasteiger partial charge in [-0.3, -0.25) is 9.48 Å². The number of H-pyrrole nitrogens is 1. The van der Waals surface area contributed by atoms with Gasteiger partial charge in [0.25, 0.3) is 5.56 Å². The standard InChI is InChI=1S/C9H11N5O/c1-14-3-2-7(13-14)8-11-5-6(4-10)9(15)12-8/h2-3,5H,4,10H2,1H3,(H,11,12,15). The van der Waals surface area contributed by atoms with Gasteiger partial charge in [-0.2, -0.15) is 5.10 Å². The lowest BCUT2D eigenvalue weighted by Gasteiger charge is -1.97. The van der Waals surface area contributed by atoms with Crippen molar-refractivity contribution in [2.75, 3.05) is 0 Å². The summed E-state index contributed by atoms with van der Waals surface area (Å²) in [6, 6.07) is 1.78. The Morgan fingerprint density at radius 3 is 2.93 bits per heavy atom. The number of aromatic nitrogens is 4. The van der Waals surface area contributed by atoms with E-state index < -0.39 is 0 Å². The third kappa shape index (κ3) is 1.79. The smallest absolute Gasteiger partial charge is 0.255 e. The van der Waals surface area contributed by atoms with Crippen molar-refractivity contribution in [1.29, 1.82) is 0 Å². The van der Waals surface area contributed by atoms with Crippen molar-refractivity contribution in [1.82, 2.24) is 19.7 Å². The minimum absolute atomic E-state index is 0.185. The van der Waals surface area contributed by atoms with Crippen molar-refractivity contribution in [3.63, 3.8) is 0 Å². The van der Waals surface area contributed by atoms with Gasteiger partial charge in [0.05, 0.1) is 0 Å². The summed E-state index contributed by atoms with van der Waals surface area (Å²) in [6.07, 6.45) is 3.26. The zero-order chi connectivity index (χ0) is 10.8. The third-order valence-corrected chi connectivity index (χ3v) is 2.05. The highest BCUT2D eigenvalue weighted by Gasteiger charge is 2.05. The van der Waals surface area contributed by atoms with Crippen LogP contribution in [0.25, 0.3) is 11.5 Å². The fraction of sp³-hybridized carbons (Fsp3) is 0.222. The topological polar surface area (TPSA) is 89.6 Å². The Balaban J connectivity index is 2.47. The lowest BCUT2D eigenvalue weighted by molar-refractivity contribution is 0.768. The van der Waals surface area contributed by atoms with Gasteiger partial charge in [0.2, 0.25) is 0 Å². The summed E-state index contributed by atoms with van der Waals surface area (Å²) < 4.78 is 1.65. The summed E-state index contributed by atoms with van der Waals surface area (Å²) in [6.45, 7) is 0.185. The molecule has 2 heterocycles. The van der Waals surface area contributed by atoms with Crippen LogP contribution in [0.4, 0.5) is 0 Å². The predicted molar refractivity (Wildman–Crippen MR) is 55.0 cm³/mol. The van der Waals surface area contributed by atoms with Crippen LogP contribution in [0.3, 0.4) is 0 Å². The normalized spacial score (nSPS) is 10.5. The molecule has 0 spiro atoms. The van der Waals surface area contributed by atoms with Crippen LogP contribution in [0.2, 0.25) is 0 Å². The van der Waals surface area contributed by atoms with Gasteiger partial charge in [0, 0.05) is 31.5 Å². The summed E-state index contributed by atoms with van der Waals surface area (Å²) in [5, 5.41) is 4.13. The molecule has 0 aromatic carbocycles. The van der Waals surface area contributed by atoms with E-state index >= 15 is 0 Å². The molecule has 2 rings (SSSR count). The molecule has 0 atom stereocenters. The number of aryl methyl sites for hydroxylation is 1. The van der Waals surface area contributed by atoms with Crippen LogP contribution in [0.1, 0.15) is 5.56 Å². The number of nitrogens with two attached hydrogens (primary N) is 1. The zero-order valence-corrected chi connectivity index (χ0v) is 8.27. The van der Waals surface area contributed by atoms with Crippen LogP contribution in [0.5, 0.6) is 0 Å². The van der Waals surface area contributed by atoms with Gasteiger partial charge in [-0.1, -0.05) is 0 Å². The lowest BCUT2D eigenvalue weighted by Crippen LogP contribution is -2.17. The molecule has 0 aliphatic carbocycles. The van der Waals surface area contributed by atoms with E-state index in [4.69, 9.17) is 5.73 Å². The maximum atomic E-state index is 11.4. The van der Waals surface area contributed by atoms with Gasteiger partial charge < -0.3 is 10.7 Å². The molecule has 6 nitrogen and oxygen atoms in total. The summed E-state index contributed by atoms with van der Waals surface area (Å²) in [5.41, 5.74) is 6.25. The second-order valence-electron chi connectivity index (χ2n) is 3.16. The fourth-order valence-electron chi connectivity index (χ4n) is 1.24. The first-order chi connectivity index (χ1) is 7.20. The maximum Gasteiger partial charge on any atom is 0.255 e. The molecule has 0 amide bonds. The largest absolute Gasteiger partial charge is 0.326 e. The Morgan fingerprint density at radius 1 is 1.60 bits per heavy atom. The van der Waals surface area contributed by atoms with Crippen molar-refractivity contribution in [3.05, 3.63) is 34.4 Å². The summed E-state index contributed by atoms with van der Waals surface area (Å²) in [4.78, 5) is 18.2. The van der Waals surface area contributed by atoms with Crippen molar-refractivity contribution in [3.8, 4) is 11.5 Å². The molecule has 6 heteroatoms. The SMILES string of the molecule is Cn1ccc(-c2ncc(CN)c(=O)[nH]2)n1. The zero-order valence-electron chi connectivity index (χ0n) is 8.27. The molecule has 2 aromatic rings. The highest BCUT2D eigenvalue weighted by Crippen LogP contribution is 2.08. The molecular formula is C9H11N5O. The highest BCUT2D eigenvalue weighted by atomic mass is 16.1. The molecule has 0 aliphatic rings. The van der Waals surface area contributed by atoms with Crippen molar-refractivity contribution in [2.24, 2.45) is 12.8 Å². The Hall–Kier alpha value is -1.95. The van der Waals surface area contributed by atoms with Crippen LogP contribution in [-0.2, 0) is 13.6 Å². The monoisotopic (exact) mass is 205 g/mol. The first-order valence-electron chi connectivity index (χ1n) is 4.49. The number of rotatable bonds is 2. The van der Waals surface area contributed by atoms with Crippen LogP contribution < -0.4 is 11.3 Å². The van der Waals surface area contributed by atoms with E-state index in [0.29, 0.717) is 17.1 Å². The van der Waals surface area contributed by atoms with Gasteiger partial charge in [0.15, 0.2) is 5.82 Å². The van der Waals surface area contributed by atoms with Gasteiger partial charge in [-0.25, -0.2) is 4.98 Å². The summed E-state index contributed by atoms with van der Waals surface area (Å²) in [7, 11) is 1.80. The van der Waals surface area contributed by atoms with Crippen molar-refractivity contribution in [2.45, 2.75) is 6.54 Å². The molecule has 3 N–H and O–H groups in total. The molecule has 0 saturated heterocycles. The summed E-state index contributed by atoms with van der Waals surface area (Å²) in [5.74, 6) is 0.456. The van der Waals surface area contributed by atoms with E-state index in [0.717, 1.165) is 0 Å². The lowest BCUT2D eigenvalue weighted by atomic mass is 10.3. The van der Waals surface area contributed by atoms with E-state index in [1.54, 1.807) is 24.0 Å². The van der Waals surface area contributed by atoms with E-state index in [9.17, 15) is 4.79 Å². The quantitative estimate of drug-likeness (QED) is 0.700. The number of nitrogens with zero attached hydrogens (tertiary/aromatic N) is 3. The van der Waals surface area contributed by atoms with Gasteiger partial charge in [-0.15, -0.1) is 0 Å². The molecule has 0 bridgehead atoms. The van der Waals surface area contributed by atoms with Crippen molar-refractivity contribution < 1.29 is 0 Å². The van der Waals surface area contributed by atoms with Gasteiger partial charge >= 0.3 is 0 Å². The highest BCUT2D eigenvalue weighted by molar-refractivity contribution is 5.47. The van der Waals surface area contributed by atoms with Crippen LogP contribution in [0, 0.1) is 0 Å². The number of hydrogen-bond acceptors (Lipinski definition) is 4. The van der Waals surface area contributed by atoms with E-state index in [-0.39, 0.29) is 12.1 Å². The Kier molecular flexibility index (Phi) is 2.34. The van der Waals surface area contributed by atoms with Crippen LogP contribution >= 0.6 is 0 Å². The molecule has 0 saturated carbocycles. The molecule has 2 aromatic heterocycles. The average Bonchev–Trinajstić information content (AvgIpc) is 2.65. The second kappa shape index (κ2) is 3.66. The number of aromatic amines is 1. The predicted octanol–water partition coefficient (Wildman–Crippen LogP) is -0.371. The third-order valence-electron chi connectivity index (χ3n) is 2.05. The van der Waals surface area contributed by atoms with Crippen LogP contribution in [0.15, 0.2) is 23.3 Å². The number of hydrogen-bond donors (Lipinski definition) is 2. The van der Waals surface area contributed by atoms with Gasteiger partial charge in [-0.05, 0) is 6.07 Å². The molecular weight excluding hydrogens is 194 g/mol. The Labute approximate surface area is 85.8 Å². The fourth-order valence-corrected chi connectivity index (χ4v) is 1.24. The first-order valence-corrected chi connectivity index (χ1v) is 4.49. The second-order valence-corrected chi connectivity index (χ2v) is 3.16. The average molecular weight is 205 g/mol. The summed E-state index contributed by atoms with van der Waals surface area (Å²) >= 11 is 0. The maximum absolute atomic E-state index is 11.4. The molecule has 78 valence electrons. The van der Waals surface area contributed by atoms with Crippen molar-refractivity contribution >= 4 is 0 Å². The van der Waals surface area contributed by atoms with Crippen LogP contribution in [-0.4, -0.2) is 19.7 Å². The Morgan fingerprint density at radius 2 is 2.40 bits per heavy atom. The molecule has 0 aliphatic heterocycles. The molecule has 0 unspecified atom stereocenters. The molecule has 0 fully saturated rings. The first kappa shape index (κ1) is 9.60. The molecule has 15 heavy (non-hydrogen) atoms. The van der Waals surface area contributed by atoms with E-state index in [1.807, 2.05) is 0 Å². The Bertz CT molecular complexity index is 527. The number of nitrogens with one attached hydrogen (secondary N) is 1. The van der Waals surface area contributed by atoms with E-state index in [1.165, 1.54) is 6.20 Å². The molecule has 0 radical (unpaired) electrons. The minimum Gasteiger partial charge on any atom is -0.326 e.